The molecule has 0 radical (unpaired) electrons. The molecular weight excluding hydrogens is 320 g/mol. The molecule has 1 aromatic heterocycles. The normalized spacial score (nSPS) is 11.0. The van der Waals surface area contributed by atoms with Gasteiger partial charge >= 0.3 is 0 Å². The van der Waals surface area contributed by atoms with Crippen molar-refractivity contribution in [3.63, 3.8) is 0 Å². The number of nitrogens with zero attached hydrogens (tertiary/aromatic N) is 1. The number of ether oxygens (including phenoxy) is 1. The second-order valence-corrected chi connectivity index (χ2v) is 5.13. The van der Waals surface area contributed by atoms with Crippen molar-refractivity contribution in [1.82, 2.24) is 16.0 Å². The molecular formula is C18H24N4O3. The lowest BCUT2D eigenvalue weighted by Crippen LogP contribution is -2.41. The van der Waals surface area contributed by atoms with Crippen LogP contribution in [-0.4, -0.2) is 38.6 Å². The molecule has 0 spiro atoms. The first-order valence-electron chi connectivity index (χ1n) is 8.21. The SMILES string of the molecule is CCOc1ccccc1CNC(=NC)NCCNC(=O)c1ccco1. The summed E-state index contributed by atoms with van der Waals surface area (Å²) < 4.78 is 10.6. The van der Waals surface area contributed by atoms with Crippen molar-refractivity contribution < 1.29 is 13.9 Å². The summed E-state index contributed by atoms with van der Waals surface area (Å²) in [6.45, 7) is 4.17. The molecule has 7 heteroatoms. The standard InChI is InChI=1S/C18H24N4O3/c1-3-24-15-8-5-4-7-14(15)13-22-18(19-2)21-11-10-20-17(23)16-9-6-12-25-16/h4-9,12H,3,10-11,13H2,1-2H3,(H,20,23)(H2,19,21,22). The maximum atomic E-state index is 11.7. The summed E-state index contributed by atoms with van der Waals surface area (Å²) in [4.78, 5) is 15.9. The topological polar surface area (TPSA) is 87.9 Å². The lowest BCUT2D eigenvalue weighted by Gasteiger charge is -2.14. The zero-order chi connectivity index (χ0) is 17.9. The van der Waals surface area contributed by atoms with E-state index in [9.17, 15) is 4.79 Å². The number of rotatable bonds is 8. The fraction of sp³-hybridized carbons (Fsp3) is 0.333. The minimum Gasteiger partial charge on any atom is -0.494 e. The smallest absolute Gasteiger partial charge is 0.287 e. The van der Waals surface area contributed by atoms with Crippen molar-refractivity contribution in [3.8, 4) is 5.75 Å². The Morgan fingerprint density at radius 1 is 1.12 bits per heavy atom. The molecule has 7 nitrogen and oxygen atoms in total. The van der Waals surface area contributed by atoms with Crippen molar-refractivity contribution in [1.29, 1.82) is 0 Å². The van der Waals surface area contributed by atoms with Crippen LogP contribution < -0.4 is 20.7 Å². The summed E-state index contributed by atoms with van der Waals surface area (Å²) in [5, 5.41) is 9.14. The van der Waals surface area contributed by atoms with Crippen LogP contribution >= 0.6 is 0 Å². The minimum absolute atomic E-state index is 0.236. The van der Waals surface area contributed by atoms with Crippen LogP contribution in [0.5, 0.6) is 5.75 Å². The van der Waals surface area contributed by atoms with Gasteiger partial charge in [-0.25, -0.2) is 0 Å². The Labute approximate surface area is 147 Å². The van der Waals surface area contributed by atoms with Gasteiger partial charge in [0.2, 0.25) is 0 Å². The third-order valence-corrected chi connectivity index (χ3v) is 3.39. The van der Waals surface area contributed by atoms with Crippen LogP contribution in [-0.2, 0) is 6.54 Å². The Morgan fingerprint density at radius 3 is 2.64 bits per heavy atom. The molecule has 2 aromatic rings. The van der Waals surface area contributed by atoms with Crippen molar-refractivity contribution in [3.05, 3.63) is 54.0 Å². The molecule has 1 heterocycles. The Balaban J connectivity index is 1.73. The maximum Gasteiger partial charge on any atom is 0.287 e. The lowest BCUT2D eigenvalue weighted by atomic mass is 10.2. The number of furan rings is 1. The number of carbonyl (C=O) groups is 1. The van der Waals surface area contributed by atoms with E-state index in [1.165, 1.54) is 6.26 Å². The van der Waals surface area contributed by atoms with E-state index in [0.29, 0.717) is 38.0 Å². The number of hydrogen-bond acceptors (Lipinski definition) is 4. The van der Waals surface area contributed by atoms with Gasteiger partial charge < -0.3 is 25.1 Å². The zero-order valence-corrected chi connectivity index (χ0v) is 14.5. The van der Waals surface area contributed by atoms with Gasteiger partial charge in [0.1, 0.15) is 5.75 Å². The van der Waals surface area contributed by atoms with E-state index in [1.807, 2.05) is 31.2 Å². The van der Waals surface area contributed by atoms with Gasteiger partial charge in [-0.05, 0) is 25.1 Å². The molecule has 2 rings (SSSR count). The van der Waals surface area contributed by atoms with E-state index in [2.05, 4.69) is 20.9 Å². The molecule has 0 atom stereocenters. The van der Waals surface area contributed by atoms with Crippen molar-refractivity contribution in [2.45, 2.75) is 13.5 Å². The Kier molecular flexibility index (Phi) is 7.37. The number of aliphatic imine (C=N–C) groups is 1. The molecule has 1 aromatic carbocycles. The van der Waals surface area contributed by atoms with Crippen LogP contribution in [0.25, 0.3) is 0 Å². The monoisotopic (exact) mass is 344 g/mol. The van der Waals surface area contributed by atoms with Gasteiger partial charge in [0.15, 0.2) is 11.7 Å². The second kappa shape index (κ2) is 10.0. The minimum atomic E-state index is -0.236. The molecule has 0 bridgehead atoms. The highest BCUT2D eigenvalue weighted by Gasteiger charge is 2.07. The predicted molar refractivity (Wildman–Crippen MR) is 96.9 cm³/mol. The Bertz CT molecular complexity index is 683. The molecule has 0 aliphatic heterocycles. The molecule has 0 aliphatic carbocycles. The van der Waals surface area contributed by atoms with Crippen LogP contribution in [0, 0.1) is 0 Å². The number of guanidine groups is 1. The highest BCUT2D eigenvalue weighted by molar-refractivity contribution is 5.91. The lowest BCUT2D eigenvalue weighted by molar-refractivity contribution is 0.0926. The summed E-state index contributed by atoms with van der Waals surface area (Å²) >= 11 is 0. The number of hydrogen-bond donors (Lipinski definition) is 3. The van der Waals surface area contributed by atoms with Crippen LogP contribution in [0.15, 0.2) is 52.1 Å². The van der Waals surface area contributed by atoms with E-state index in [1.54, 1.807) is 19.2 Å². The summed E-state index contributed by atoms with van der Waals surface area (Å²) in [5.74, 6) is 1.58. The number of benzene rings is 1. The van der Waals surface area contributed by atoms with Gasteiger partial charge in [0, 0.05) is 32.2 Å². The fourth-order valence-electron chi connectivity index (χ4n) is 2.20. The molecule has 0 saturated carbocycles. The van der Waals surface area contributed by atoms with E-state index < -0.39 is 0 Å². The number of carbonyl (C=O) groups excluding carboxylic acids is 1. The number of nitrogens with one attached hydrogen (secondary N) is 3. The van der Waals surface area contributed by atoms with E-state index in [4.69, 9.17) is 9.15 Å². The maximum absolute atomic E-state index is 11.7. The third kappa shape index (κ3) is 5.87. The predicted octanol–water partition coefficient (Wildman–Crippen LogP) is 1.77. The van der Waals surface area contributed by atoms with Gasteiger partial charge in [0.25, 0.3) is 5.91 Å². The van der Waals surface area contributed by atoms with Gasteiger partial charge in [-0.1, -0.05) is 18.2 Å². The summed E-state index contributed by atoms with van der Waals surface area (Å²) in [5.41, 5.74) is 1.05. The fourth-order valence-corrected chi connectivity index (χ4v) is 2.20. The van der Waals surface area contributed by atoms with Crippen molar-refractivity contribution >= 4 is 11.9 Å². The zero-order valence-electron chi connectivity index (χ0n) is 14.5. The quantitative estimate of drug-likeness (QED) is 0.386. The van der Waals surface area contributed by atoms with Gasteiger partial charge in [0.05, 0.1) is 12.9 Å². The van der Waals surface area contributed by atoms with E-state index >= 15 is 0 Å². The van der Waals surface area contributed by atoms with Crippen LogP contribution in [0.4, 0.5) is 0 Å². The molecule has 1 amide bonds. The molecule has 0 saturated heterocycles. The Hall–Kier alpha value is -2.96. The number of para-hydroxylation sites is 1. The molecule has 0 fully saturated rings. The van der Waals surface area contributed by atoms with Gasteiger partial charge in [-0.15, -0.1) is 0 Å². The molecule has 0 unspecified atom stereocenters. The number of amides is 1. The first-order valence-corrected chi connectivity index (χ1v) is 8.21. The second-order valence-electron chi connectivity index (χ2n) is 5.13. The summed E-state index contributed by atoms with van der Waals surface area (Å²) in [6, 6.07) is 11.2. The average molecular weight is 344 g/mol. The Morgan fingerprint density at radius 2 is 1.92 bits per heavy atom. The van der Waals surface area contributed by atoms with Crippen LogP contribution in [0.2, 0.25) is 0 Å². The van der Waals surface area contributed by atoms with Crippen molar-refractivity contribution in [2.24, 2.45) is 4.99 Å². The third-order valence-electron chi connectivity index (χ3n) is 3.39. The van der Waals surface area contributed by atoms with Gasteiger partial charge in [-0.3, -0.25) is 9.79 Å². The summed E-state index contributed by atoms with van der Waals surface area (Å²) in [7, 11) is 1.70. The molecule has 134 valence electrons. The largest absolute Gasteiger partial charge is 0.494 e. The average Bonchev–Trinajstić information content (AvgIpc) is 3.17. The van der Waals surface area contributed by atoms with E-state index in [0.717, 1.165) is 11.3 Å². The molecule has 3 N–H and O–H groups in total. The van der Waals surface area contributed by atoms with Gasteiger partial charge in [-0.2, -0.15) is 0 Å². The van der Waals surface area contributed by atoms with Crippen molar-refractivity contribution in [2.75, 3.05) is 26.7 Å². The highest BCUT2D eigenvalue weighted by atomic mass is 16.5. The first kappa shape index (κ1) is 18.4. The molecule has 25 heavy (non-hydrogen) atoms. The van der Waals surface area contributed by atoms with Crippen LogP contribution in [0.1, 0.15) is 23.0 Å². The highest BCUT2D eigenvalue weighted by Crippen LogP contribution is 2.17. The molecule has 0 aliphatic rings. The first-order chi connectivity index (χ1) is 12.2. The van der Waals surface area contributed by atoms with E-state index in [-0.39, 0.29) is 5.91 Å². The summed E-state index contributed by atoms with van der Waals surface area (Å²) in [6.07, 6.45) is 1.47. The van der Waals surface area contributed by atoms with Crippen LogP contribution in [0.3, 0.4) is 0 Å².